The summed E-state index contributed by atoms with van der Waals surface area (Å²) in [5, 5.41) is 2.66. The minimum Gasteiger partial charge on any atom is -0.466 e. The van der Waals surface area contributed by atoms with E-state index in [-0.39, 0.29) is 6.61 Å². The molecule has 1 atom stereocenters. The van der Waals surface area contributed by atoms with E-state index in [0.717, 1.165) is 5.56 Å². The first-order valence-corrected chi connectivity index (χ1v) is 8.67. The van der Waals surface area contributed by atoms with Gasteiger partial charge in [-0.05, 0) is 26.3 Å². The van der Waals surface area contributed by atoms with Crippen molar-refractivity contribution in [3.05, 3.63) is 48.0 Å². The molecule has 0 saturated heterocycles. The number of benzene rings is 1. The van der Waals surface area contributed by atoms with Crippen molar-refractivity contribution in [2.24, 2.45) is 0 Å². The standard InChI is InChI=1S/C18H25NO5.C2H6/c1-18(2,3)24-17(21)19-15(10-11-16(20)22-4)13-23-12-14-8-6-5-7-9-14;1-2/h5-11,15H,12-13H2,1-4H3,(H,19,21);1-2H3/b11-10-;/t15-;/m0./s1. The fourth-order valence-corrected chi connectivity index (χ4v) is 1.75. The maximum atomic E-state index is 11.9. The number of carbonyl (C=O) groups excluding carboxylic acids is 2. The number of nitrogens with one attached hydrogen (secondary N) is 1. The van der Waals surface area contributed by atoms with Crippen LogP contribution < -0.4 is 5.32 Å². The van der Waals surface area contributed by atoms with Gasteiger partial charge in [0, 0.05) is 6.08 Å². The predicted octanol–water partition coefficient (Wildman–Crippen LogP) is 3.85. The molecule has 1 rings (SSSR count). The van der Waals surface area contributed by atoms with Crippen molar-refractivity contribution in [3.8, 4) is 0 Å². The van der Waals surface area contributed by atoms with Crippen LogP contribution in [0, 0.1) is 0 Å². The molecule has 0 heterocycles. The lowest BCUT2D eigenvalue weighted by atomic mass is 10.2. The smallest absolute Gasteiger partial charge is 0.408 e. The molecular formula is C20H31NO5. The van der Waals surface area contributed by atoms with E-state index in [1.54, 1.807) is 20.8 Å². The largest absolute Gasteiger partial charge is 0.466 e. The molecule has 6 heteroatoms. The lowest BCUT2D eigenvalue weighted by Gasteiger charge is -2.22. The normalized spacial score (nSPS) is 11.9. The Morgan fingerprint density at radius 2 is 1.77 bits per heavy atom. The molecule has 146 valence electrons. The van der Waals surface area contributed by atoms with Crippen LogP contribution in [0.25, 0.3) is 0 Å². The Balaban J connectivity index is 0.00000301. The highest BCUT2D eigenvalue weighted by molar-refractivity contribution is 5.82. The number of rotatable bonds is 7. The van der Waals surface area contributed by atoms with Crippen LogP contribution in [0.15, 0.2) is 42.5 Å². The van der Waals surface area contributed by atoms with Crippen LogP contribution in [0.1, 0.15) is 40.2 Å². The molecule has 6 nitrogen and oxygen atoms in total. The Bertz CT molecular complexity index is 549. The summed E-state index contributed by atoms with van der Waals surface area (Å²) in [6.45, 7) is 9.92. The van der Waals surface area contributed by atoms with Crippen LogP contribution in [-0.4, -0.2) is 37.4 Å². The van der Waals surface area contributed by atoms with E-state index in [9.17, 15) is 9.59 Å². The van der Waals surface area contributed by atoms with Crippen LogP contribution in [-0.2, 0) is 25.6 Å². The highest BCUT2D eigenvalue weighted by Crippen LogP contribution is 2.07. The van der Waals surface area contributed by atoms with E-state index >= 15 is 0 Å². The van der Waals surface area contributed by atoms with Crippen LogP contribution in [0.5, 0.6) is 0 Å². The Hall–Kier alpha value is -2.34. The first kappa shape index (κ1) is 23.7. The molecule has 0 saturated carbocycles. The van der Waals surface area contributed by atoms with Gasteiger partial charge in [0.2, 0.25) is 0 Å². The maximum Gasteiger partial charge on any atom is 0.408 e. The molecule has 0 aliphatic heterocycles. The van der Waals surface area contributed by atoms with Gasteiger partial charge in [-0.25, -0.2) is 9.59 Å². The number of carbonyl (C=O) groups is 2. The molecule has 0 aliphatic rings. The predicted molar refractivity (Wildman–Crippen MR) is 102 cm³/mol. The van der Waals surface area contributed by atoms with Crippen molar-refractivity contribution in [3.63, 3.8) is 0 Å². The molecule has 0 aliphatic carbocycles. The number of esters is 1. The number of hydrogen-bond acceptors (Lipinski definition) is 5. The second kappa shape index (κ2) is 12.9. The summed E-state index contributed by atoms with van der Waals surface area (Å²) in [4.78, 5) is 23.1. The molecule has 1 N–H and O–H groups in total. The molecule has 0 bridgehead atoms. The highest BCUT2D eigenvalue weighted by atomic mass is 16.6. The SMILES string of the molecule is CC.COC(=O)/C=C\[C@@H](COCc1ccccc1)NC(=O)OC(C)(C)C. The summed E-state index contributed by atoms with van der Waals surface area (Å²) in [6, 6.07) is 9.15. The zero-order valence-corrected chi connectivity index (χ0v) is 16.6. The fraction of sp³-hybridized carbons (Fsp3) is 0.500. The van der Waals surface area contributed by atoms with Gasteiger partial charge >= 0.3 is 12.1 Å². The summed E-state index contributed by atoms with van der Waals surface area (Å²) in [5.41, 5.74) is 0.413. The first-order valence-electron chi connectivity index (χ1n) is 8.67. The van der Waals surface area contributed by atoms with Crippen LogP contribution >= 0.6 is 0 Å². The van der Waals surface area contributed by atoms with E-state index < -0.39 is 23.7 Å². The average Bonchev–Trinajstić information content (AvgIpc) is 2.60. The van der Waals surface area contributed by atoms with E-state index in [1.165, 1.54) is 19.3 Å². The lowest BCUT2D eigenvalue weighted by molar-refractivity contribution is -0.134. The molecule has 0 fully saturated rings. The van der Waals surface area contributed by atoms with E-state index in [2.05, 4.69) is 10.1 Å². The number of alkyl carbamates (subject to hydrolysis) is 1. The Labute approximate surface area is 156 Å². The molecule has 26 heavy (non-hydrogen) atoms. The van der Waals surface area contributed by atoms with Gasteiger partial charge in [-0.3, -0.25) is 0 Å². The van der Waals surface area contributed by atoms with Crippen molar-refractivity contribution in [1.29, 1.82) is 0 Å². The second-order valence-corrected chi connectivity index (χ2v) is 6.14. The molecular weight excluding hydrogens is 334 g/mol. The number of amides is 1. The van der Waals surface area contributed by atoms with Crippen LogP contribution in [0.2, 0.25) is 0 Å². The fourth-order valence-electron chi connectivity index (χ4n) is 1.75. The van der Waals surface area contributed by atoms with Gasteiger partial charge < -0.3 is 19.5 Å². The topological polar surface area (TPSA) is 73.9 Å². The molecule has 0 radical (unpaired) electrons. The third-order valence-electron chi connectivity index (χ3n) is 2.78. The summed E-state index contributed by atoms with van der Waals surface area (Å²) in [5.74, 6) is -0.506. The molecule has 1 amide bonds. The summed E-state index contributed by atoms with van der Waals surface area (Å²) in [6.07, 6.45) is 2.18. The van der Waals surface area contributed by atoms with Crippen molar-refractivity contribution in [1.82, 2.24) is 5.32 Å². The van der Waals surface area contributed by atoms with Crippen molar-refractivity contribution in [2.45, 2.75) is 52.9 Å². The first-order chi connectivity index (χ1) is 12.3. The molecule has 1 aromatic rings. The Morgan fingerprint density at radius 3 is 2.31 bits per heavy atom. The van der Waals surface area contributed by atoms with Gasteiger partial charge in [0.15, 0.2) is 0 Å². The van der Waals surface area contributed by atoms with Gasteiger partial charge in [0.1, 0.15) is 5.60 Å². The maximum absolute atomic E-state index is 11.9. The average molecular weight is 365 g/mol. The number of hydrogen-bond donors (Lipinski definition) is 1. The lowest BCUT2D eigenvalue weighted by Crippen LogP contribution is -2.40. The highest BCUT2D eigenvalue weighted by Gasteiger charge is 2.18. The van der Waals surface area contributed by atoms with Gasteiger partial charge in [-0.15, -0.1) is 0 Å². The quantitative estimate of drug-likeness (QED) is 0.587. The van der Waals surface area contributed by atoms with Gasteiger partial charge in [0.25, 0.3) is 0 Å². The summed E-state index contributed by atoms with van der Waals surface area (Å²) >= 11 is 0. The van der Waals surface area contributed by atoms with E-state index in [4.69, 9.17) is 9.47 Å². The molecule has 0 spiro atoms. The van der Waals surface area contributed by atoms with Crippen molar-refractivity contribution >= 4 is 12.1 Å². The van der Waals surface area contributed by atoms with Crippen LogP contribution in [0.4, 0.5) is 4.79 Å². The summed E-state index contributed by atoms with van der Waals surface area (Å²) < 4.78 is 15.4. The van der Waals surface area contributed by atoms with E-state index in [0.29, 0.717) is 6.61 Å². The molecule has 0 aromatic heterocycles. The van der Waals surface area contributed by atoms with Crippen molar-refractivity contribution in [2.75, 3.05) is 13.7 Å². The monoisotopic (exact) mass is 365 g/mol. The zero-order chi connectivity index (χ0) is 20.0. The number of methoxy groups -OCH3 is 1. The molecule has 0 unspecified atom stereocenters. The van der Waals surface area contributed by atoms with Gasteiger partial charge in [-0.1, -0.05) is 50.3 Å². The second-order valence-electron chi connectivity index (χ2n) is 6.14. The third-order valence-corrected chi connectivity index (χ3v) is 2.78. The van der Waals surface area contributed by atoms with Crippen LogP contribution in [0.3, 0.4) is 0 Å². The summed E-state index contributed by atoms with van der Waals surface area (Å²) in [7, 11) is 1.29. The minimum absolute atomic E-state index is 0.196. The number of ether oxygens (including phenoxy) is 3. The Kier molecular flexibility index (Phi) is 11.8. The minimum atomic E-state index is -0.606. The van der Waals surface area contributed by atoms with Gasteiger partial charge in [0.05, 0.1) is 26.4 Å². The van der Waals surface area contributed by atoms with Crippen molar-refractivity contribution < 1.29 is 23.8 Å². The van der Waals surface area contributed by atoms with E-state index in [1.807, 2.05) is 44.2 Å². The molecule has 1 aromatic carbocycles. The zero-order valence-electron chi connectivity index (χ0n) is 16.6. The third kappa shape index (κ3) is 12.1. The Morgan fingerprint density at radius 1 is 1.15 bits per heavy atom. The van der Waals surface area contributed by atoms with Gasteiger partial charge in [-0.2, -0.15) is 0 Å².